The summed E-state index contributed by atoms with van der Waals surface area (Å²) in [5, 5.41) is 5.15. The third kappa shape index (κ3) is 6.86. The minimum atomic E-state index is -3.72. The number of halogens is 1. The highest BCUT2D eigenvalue weighted by Gasteiger charge is 2.36. The van der Waals surface area contributed by atoms with Gasteiger partial charge in [0.1, 0.15) is 6.04 Å². The molecule has 1 N–H and O–H groups in total. The second-order valence-corrected chi connectivity index (χ2v) is 13.1. The van der Waals surface area contributed by atoms with E-state index in [0.29, 0.717) is 40.4 Å². The molecule has 0 fully saturated rings. The van der Waals surface area contributed by atoms with Crippen LogP contribution in [0.2, 0.25) is 5.02 Å². The Morgan fingerprint density at radius 3 is 2.37 bits per heavy atom. The molecule has 1 aliphatic rings. The Morgan fingerprint density at radius 1 is 0.907 bits per heavy atom. The highest BCUT2D eigenvalue weighted by Crippen LogP contribution is 2.42. The van der Waals surface area contributed by atoms with Crippen LogP contribution in [0.15, 0.2) is 95.9 Å². The molecule has 5 rings (SSSR count). The van der Waals surface area contributed by atoms with Crippen LogP contribution in [-0.4, -0.2) is 44.3 Å². The second-order valence-electron chi connectivity index (χ2n) is 10.8. The summed E-state index contributed by atoms with van der Waals surface area (Å²) in [4.78, 5) is 29.5. The van der Waals surface area contributed by atoms with Crippen LogP contribution in [0.4, 0.5) is 5.69 Å². The fraction of sp³-hybridized carbons (Fsp3) is 0.294. The van der Waals surface area contributed by atoms with Crippen molar-refractivity contribution >= 4 is 49.9 Å². The van der Waals surface area contributed by atoms with E-state index in [1.807, 2.05) is 60.7 Å². The summed E-state index contributed by atoms with van der Waals surface area (Å²) >= 11 is 6.27. The van der Waals surface area contributed by atoms with Gasteiger partial charge in [0, 0.05) is 42.9 Å². The van der Waals surface area contributed by atoms with Crippen LogP contribution in [0.5, 0.6) is 0 Å². The van der Waals surface area contributed by atoms with Crippen molar-refractivity contribution in [3.05, 3.63) is 107 Å². The lowest BCUT2D eigenvalue weighted by Crippen LogP contribution is -2.50. The van der Waals surface area contributed by atoms with Crippen LogP contribution in [0.1, 0.15) is 43.7 Å². The normalized spacial score (nSPS) is 14.0. The molecule has 1 unspecified atom stereocenters. The number of hydrogen-bond donors (Lipinski definition) is 1. The topological polar surface area (TPSA) is 86.8 Å². The van der Waals surface area contributed by atoms with Gasteiger partial charge in [-0.3, -0.25) is 13.9 Å². The Labute approximate surface area is 258 Å². The van der Waals surface area contributed by atoms with Gasteiger partial charge in [0.05, 0.1) is 10.6 Å². The van der Waals surface area contributed by atoms with Crippen LogP contribution >= 0.6 is 11.6 Å². The molecule has 0 bridgehead atoms. The lowest BCUT2D eigenvalue weighted by atomic mass is 10.0. The molecule has 4 aromatic carbocycles. The zero-order valence-electron chi connectivity index (χ0n) is 24.2. The van der Waals surface area contributed by atoms with E-state index in [2.05, 4.69) is 12.2 Å². The van der Waals surface area contributed by atoms with E-state index in [1.165, 1.54) is 4.31 Å². The third-order valence-corrected chi connectivity index (χ3v) is 9.87. The van der Waals surface area contributed by atoms with Gasteiger partial charge in [0.25, 0.3) is 10.0 Å². The molecule has 0 aliphatic carbocycles. The van der Waals surface area contributed by atoms with Gasteiger partial charge >= 0.3 is 0 Å². The van der Waals surface area contributed by atoms with E-state index in [4.69, 9.17) is 11.6 Å². The Hall–Kier alpha value is -3.88. The maximum atomic E-state index is 14.0. The van der Waals surface area contributed by atoms with Crippen molar-refractivity contribution < 1.29 is 18.0 Å². The van der Waals surface area contributed by atoms with Gasteiger partial charge in [-0.25, -0.2) is 8.42 Å². The summed E-state index contributed by atoms with van der Waals surface area (Å²) in [5.41, 5.74) is 2.38. The number of anilines is 1. The first-order valence-corrected chi connectivity index (χ1v) is 16.5. The van der Waals surface area contributed by atoms with E-state index in [-0.39, 0.29) is 31.3 Å². The fourth-order valence-electron chi connectivity index (χ4n) is 5.61. The second kappa shape index (κ2) is 13.6. The molecule has 0 aromatic heterocycles. The number of carbonyl (C=O) groups excluding carboxylic acids is 2. The number of sulfonamides is 1. The van der Waals surface area contributed by atoms with Crippen molar-refractivity contribution in [3.8, 4) is 0 Å². The van der Waals surface area contributed by atoms with Crippen LogP contribution in [-0.2, 0) is 32.6 Å². The summed E-state index contributed by atoms with van der Waals surface area (Å²) in [6.07, 6.45) is 2.50. The van der Waals surface area contributed by atoms with Crippen molar-refractivity contribution in [1.82, 2.24) is 10.2 Å². The molecular weight excluding hydrogens is 582 g/mol. The number of nitrogens with one attached hydrogen (secondary N) is 1. The Bertz CT molecular complexity index is 1710. The summed E-state index contributed by atoms with van der Waals surface area (Å²) in [6.45, 7) is 2.94. The maximum absolute atomic E-state index is 14.0. The zero-order valence-corrected chi connectivity index (χ0v) is 25.8. The molecule has 0 radical (unpaired) electrons. The predicted molar refractivity (Wildman–Crippen MR) is 172 cm³/mol. The molecule has 224 valence electrons. The van der Waals surface area contributed by atoms with Crippen LogP contribution < -0.4 is 9.62 Å². The first kappa shape index (κ1) is 30.6. The monoisotopic (exact) mass is 617 g/mol. The molecule has 1 aliphatic heterocycles. The van der Waals surface area contributed by atoms with E-state index >= 15 is 0 Å². The SMILES string of the molecule is CCCCNC(=O)C(Cc1ccccc1)N(Cc1cccc(Cl)c1)C(=O)CCCN1c2cccc3cccc(c23)S1(=O)=O. The molecule has 43 heavy (non-hydrogen) atoms. The summed E-state index contributed by atoms with van der Waals surface area (Å²) in [5.74, 6) is -0.434. The molecule has 0 saturated carbocycles. The van der Waals surface area contributed by atoms with Crippen molar-refractivity contribution in [2.75, 3.05) is 17.4 Å². The molecule has 7 nitrogen and oxygen atoms in total. The predicted octanol–water partition coefficient (Wildman–Crippen LogP) is 6.34. The molecular formula is C34H36ClN3O4S. The number of carbonyl (C=O) groups is 2. The molecule has 1 atom stereocenters. The average molecular weight is 618 g/mol. The van der Waals surface area contributed by atoms with Crippen molar-refractivity contribution in [2.45, 2.75) is 56.5 Å². The van der Waals surface area contributed by atoms with Crippen LogP contribution in [0.25, 0.3) is 10.8 Å². The van der Waals surface area contributed by atoms with Gasteiger partial charge in [-0.15, -0.1) is 0 Å². The number of rotatable bonds is 13. The van der Waals surface area contributed by atoms with Gasteiger partial charge in [-0.2, -0.15) is 0 Å². The van der Waals surface area contributed by atoms with E-state index in [0.717, 1.165) is 29.4 Å². The maximum Gasteiger partial charge on any atom is 0.265 e. The Balaban J connectivity index is 1.39. The number of amides is 2. The smallest absolute Gasteiger partial charge is 0.265 e. The van der Waals surface area contributed by atoms with Crippen LogP contribution in [0.3, 0.4) is 0 Å². The lowest BCUT2D eigenvalue weighted by Gasteiger charge is -2.32. The van der Waals surface area contributed by atoms with Crippen molar-refractivity contribution in [1.29, 1.82) is 0 Å². The summed E-state index contributed by atoms with van der Waals surface area (Å²) in [6, 6.07) is 27.0. The molecule has 0 saturated heterocycles. The average Bonchev–Trinajstić information content (AvgIpc) is 3.22. The first-order valence-electron chi connectivity index (χ1n) is 14.7. The molecule has 9 heteroatoms. The first-order chi connectivity index (χ1) is 20.8. The Morgan fingerprint density at radius 2 is 1.63 bits per heavy atom. The summed E-state index contributed by atoms with van der Waals surface area (Å²) in [7, 11) is -3.72. The molecule has 1 heterocycles. The highest BCUT2D eigenvalue weighted by molar-refractivity contribution is 7.93. The summed E-state index contributed by atoms with van der Waals surface area (Å²) < 4.78 is 28.3. The number of unbranched alkanes of at least 4 members (excludes halogenated alkanes) is 1. The largest absolute Gasteiger partial charge is 0.354 e. The number of benzene rings is 4. The van der Waals surface area contributed by atoms with E-state index < -0.39 is 16.1 Å². The van der Waals surface area contributed by atoms with Crippen molar-refractivity contribution in [3.63, 3.8) is 0 Å². The van der Waals surface area contributed by atoms with Gasteiger partial charge in [-0.05, 0) is 53.6 Å². The fourth-order valence-corrected chi connectivity index (χ4v) is 7.57. The minimum absolute atomic E-state index is 0.0758. The van der Waals surface area contributed by atoms with Gasteiger partial charge < -0.3 is 10.2 Å². The van der Waals surface area contributed by atoms with Gasteiger partial charge in [-0.1, -0.05) is 91.7 Å². The minimum Gasteiger partial charge on any atom is -0.354 e. The quantitative estimate of drug-likeness (QED) is 0.177. The highest BCUT2D eigenvalue weighted by atomic mass is 35.5. The number of nitrogens with zero attached hydrogens (tertiary/aromatic N) is 2. The zero-order chi connectivity index (χ0) is 30.4. The lowest BCUT2D eigenvalue weighted by molar-refractivity contribution is -0.141. The molecule has 2 amide bonds. The standard InChI is InChI=1S/C34H36ClN3O4S/c1-2-3-20-36-34(40)30(23-25-11-5-4-6-12-25)37(24-26-13-7-16-28(35)22-26)32(39)19-10-21-38-29-17-8-14-27-15-9-18-31(33(27)29)43(38,41)42/h4-9,11-18,22,30H,2-3,10,19-21,23-24H2,1H3,(H,36,40). The molecule has 0 spiro atoms. The van der Waals surface area contributed by atoms with Crippen molar-refractivity contribution in [2.24, 2.45) is 0 Å². The van der Waals surface area contributed by atoms with Crippen LogP contribution in [0, 0.1) is 0 Å². The Kier molecular flexibility index (Phi) is 9.68. The van der Waals surface area contributed by atoms with E-state index in [1.54, 1.807) is 35.2 Å². The van der Waals surface area contributed by atoms with Gasteiger partial charge in [0.2, 0.25) is 11.8 Å². The van der Waals surface area contributed by atoms with E-state index in [9.17, 15) is 18.0 Å². The third-order valence-electron chi connectivity index (χ3n) is 7.78. The number of hydrogen-bond acceptors (Lipinski definition) is 4. The molecule has 4 aromatic rings. The van der Waals surface area contributed by atoms with Gasteiger partial charge in [0.15, 0.2) is 0 Å².